The third kappa shape index (κ3) is 3.34. The van der Waals surface area contributed by atoms with Crippen molar-refractivity contribution >= 4 is 17.5 Å². The fourth-order valence-corrected chi connectivity index (χ4v) is 2.99. The molecule has 0 bridgehead atoms. The van der Waals surface area contributed by atoms with E-state index in [4.69, 9.17) is 11.6 Å². The number of nitriles is 1. The molecule has 112 valence electrons. The molecule has 2 rings (SSSR count). The average Bonchev–Trinajstić information content (AvgIpc) is 2.50. The lowest BCUT2D eigenvalue weighted by Gasteiger charge is -2.34. The van der Waals surface area contributed by atoms with E-state index in [2.05, 4.69) is 11.4 Å². The minimum absolute atomic E-state index is 0.0204. The molecule has 1 fully saturated rings. The summed E-state index contributed by atoms with van der Waals surface area (Å²) in [5.74, 6) is -0.490. The second-order valence-corrected chi connectivity index (χ2v) is 5.50. The van der Waals surface area contributed by atoms with Gasteiger partial charge in [-0.2, -0.15) is 5.26 Å². The highest BCUT2D eigenvalue weighted by Gasteiger charge is 2.31. The molecule has 1 aliphatic rings. The van der Waals surface area contributed by atoms with E-state index in [0.29, 0.717) is 25.9 Å². The predicted molar refractivity (Wildman–Crippen MR) is 78.1 cm³/mol. The van der Waals surface area contributed by atoms with Crippen LogP contribution in [0.4, 0.5) is 4.39 Å². The minimum atomic E-state index is -0.718. The Morgan fingerprint density at radius 3 is 2.71 bits per heavy atom. The Balaban J connectivity index is 2.14. The fraction of sp³-hybridized carbons (Fsp3) is 0.467. The predicted octanol–water partition coefficient (Wildman–Crippen LogP) is 2.50. The maximum absolute atomic E-state index is 14.0. The number of hydrogen-bond acceptors (Lipinski definition) is 3. The smallest absolute Gasteiger partial charge is 0.222 e. The molecule has 6 heteroatoms. The molecule has 1 aromatic rings. The molecular formula is C15H17ClFN3O. The summed E-state index contributed by atoms with van der Waals surface area (Å²) in [6.45, 7) is 1.14. The molecule has 0 aromatic heterocycles. The molecule has 1 atom stereocenters. The van der Waals surface area contributed by atoms with Gasteiger partial charge in [-0.05, 0) is 25.0 Å². The number of amides is 1. The van der Waals surface area contributed by atoms with Gasteiger partial charge < -0.3 is 5.32 Å². The Kier molecular flexibility index (Phi) is 5.16. The van der Waals surface area contributed by atoms with Gasteiger partial charge in [-0.15, -0.1) is 0 Å². The van der Waals surface area contributed by atoms with Gasteiger partial charge in [0.1, 0.15) is 11.9 Å². The van der Waals surface area contributed by atoms with E-state index >= 15 is 0 Å². The van der Waals surface area contributed by atoms with Gasteiger partial charge in [-0.3, -0.25) is 9.69 Å². The summed E-state index contributed by atoms with van der Waals surface area (Å²) >= 11 is 6.04. The molecule has 1 aromatic carbocycles. The van der Waals surface area contributed by atoms with E-state index in [9.17, 15) is 14.4 Å². The molecule has 1 heterocycles. The number of nitrogens with one attached hydrogen (secondary N) is 1. The van der Waals surface area contributed by atoms with Crippen molar-refractivity contribution in [2.24, 2.45) is 5.92 Å². The van der Waals surface area contributed by atoms with Crippen LogP contribution in [0.3, 0.4) is 0 Å². The standard InChI is InChI=1S/C15H17ClFN3O/c1-19-15(21)10-5-7-20(8-6-10)13(9-18)14-11(16)3-2-4-12(14)17/h2-4,10,13H,5-8H2,1H3,(H,19,21). The van der Waals surface area contributed by atoms with Crippen molar-refractivity contribution in [3.05, 3.63) is 34.6 Å². The van der Waals surface area contributed by atoms with E-state index in [1.807, 2.05) is 4.90 Å². The van der Waals surface area contributed by atoms with Gasteiger partial charge in [-0.1, -0.05) is 17.7 Å². The lowest BCUT2D eigenvalue weighted by Crippen LogP contribution is -2.41. The van der Waals surface area contributed by atoms with Crippen molar-refractivity contribution in [1.29, 1.82) is 5.26 Å². The number of carbonyl (C=O) groups excluding carboxylic acids is 1. The first kappa shape index (κ1) is 15.7. The first-order chi connectivity index (χ1) is 10.1. The normalized spacial score (nSPS) is 18.0. The highest BCUT2D eigenvalue weighted by Crippen LogP contribution is 2.32. The van der Waals surface area contributed by atoms with Crippen LogP contribution in [-0.2, 0) is 4.79 Å². The first-order valence-electron chi connectivity index (χ1n) is 6.87. The van der Waals surface area contributed by atoms with Gasteiger partial charge in [0.05, 0.1) is 6.07 Å². The summed E-state index contributed by atoms with van der Waals surface area (Å²) in [6.07, 6.45) is 1.31. The quantitative estimate of drug-likeness (QED) is 0.933. The molecule has 0 radical (unpaired) electrons. The second-order valence-electron chi connectivity index (χ2n) is 5.09. The number of hydrogen-bond donors (Lipinski definition) is 1. The zero-order chi connectivity index (χ0) is 15.4. The Labute approximate surface area is 128 Å². The summed E-state index contributed by atoms with van der Waals surface area (Å²) < 4.78 is 14.0. The molecule has 4 nitrogen and oxygen atoms in total. The van der Waals surface area contributed by atoms with Crippen LogP contribution >= 0.6 is 11.6 Å². The van der Waals surface area contributed by atoms with Gasteiger partial charge in [-0.25, -0.2) is 4.39 Å². The third-order valence-corrected chi connectivity index (χ3v) is 4.24. The SMILES string of the molecule is CNC(=O)C1CCN(C(C#N)c2c(F)cccc2Cl)CC1. The van der Waals surface area contributed by atoms with Crippen LogP contribution < -0.4 is 5.32 Å². The number of benzene rings is 1. The van der Waals surface area contributed by atoms with Gasteiger partial charge in [0.25, 0.3) is 0 Å². The summed E-state index contributed by atoms with van der Waals surface area (Å²) in [5.41, 5.74) is 0.222. The largest absolute Gasteiger partial charge is 0.359 e. The molecule has 1 N–H and O–H groups in total. The van der Waals surface area contributed by atoms with E-state index in [1.54, 1.807) is 13.1 Å². The molecule has 1 aliphatic heterocycles. The van der Waals surface area contributed by atoms with Crippen LogP contribution in [0.15, 0.2) is 18.2 Å². The number of piperidine rings is 1. The molecule has 1 amide bonds. The van der Waals surface area contributed by atoms with Crippen molar-refractivity contribution in [3.8, 4) is 6.07 Å². The summed E-state index contributed by atoms with van der Waals surface area (Å²) in [7, 11) is 1.62. The number of likely N-dealkylation sites (tertiary alicyclic amines) is 1. The van der Waals surface area contributed by atoms with Gasteiger partial charge >= 0.3 is 0 Å². The lowest BCUT2D eigenvalue weighted by atomic mass is 9.93. The van der Waals surface area contributed by atoms with Crippen LogP contribution in [0.5, 0.6) is 0 Å². The maximum Gasteiger partial charge on any atom is 0.222 e. The highest BCUT2D eigenvalue weighted by molar-refractivity contribution is 6.31. The zero-order valence-electron chi connectivity index (χ0n) is 11.8. The molecular weight excluding hydrogens is 293 g/mol. The zero-order valence-corrected chi connectivity index (χ0v) is 12.5. The van der Waals surface area contributed by atoms with Gasteiger partial charge in [0.2, 0.25) is 5.91 Å². The first-order valence-corrected chi connectivity index (χ1v) is 7.25. The Morgan fingerprint density at radius 2 is 2.19 bits per heavy atom. The van der Waals surface area contributed by atoms with Crippen LogP contribution in [-0.4, -0.2) is 30.9 Å². The van der Waals surface area contributed by atoms with Crippen molar-refractivity contribution in [1.82, 2.24) is 10.2 Å². The average molecular weight is 310 g/mol. The van der Waals surface area contributed by atoms with Gasteiger partial charge in [0.15, 0.2) is 0 Å². The van der Waals surface area contributed by atoms with Crippen molar-refractivity contribution in [3.63, 3.8) is 0 Å². The van der Waals surface area contributed by atoms with E-state index in [-0.39, 0.29) is 22.4 Å². The van der Waals surface area contributed by atoms with Crippen LogP contribution in [0.1, 0.15) is 24.4 Å². The molecule has 1 unspecified atom stereocenters. The monoisotopic (exact) mass is 309 g/mol. The fourth-order valence-electron chi connectivity index (χ4n) is 2.72. The maximum atomic E-state index is 14.0. The Bertz CT molecular complexity index is 544. The Hall–Kier alpha value is -1.64. The number of rotatable bonds is 3. The minimum Gasteiger partial charge on any atom is -0.359 e. The summed E-state index contributed by atoms with van der Waals surface area (Å²) in [5, 5.41) is 12.3. The Morgan fingerprint density at radius 1 is 1.52 bits per heavy atom. The summed E-state index contributed by atoms with van der Waals surface area (Å²) in [4.78, 5) is 13.5. The van der Waals surface area contributed by atoms with E-state index in [0.717, 1.165) is 0 Å². The van der Waals surface area contributed by atoms with Crippen LogP contribution in [0, 0.1) is 23.1 Å². The van der Waals surface area contributed by atoms with Crippen molar-refractivity contribution in [2.45, 2.75) is 18.9 Å². The third-order valence-electron chi connectivity index (χ3n) is 3.91. The molecule has 0 spiro atoms. The number of carbonyl (C=O) groups is 1. The topological polar surface area (TPSA) is 56.1 Å². The van der Waals surface area contributed by atoms with E-state index < -0.39 is 11.9 Å². The highest BCUT2D eigenvalue weighted by atomic mass is 35.5. The molecule has 21 heavy (non-hydrogen) atoms. The molecule has 0 saturated carbocycles. The number of halogens is 2. The van der Waals surface area contributed by atoms with E-state index in [1.165, 1.54) is 12.1 Å². The van der Waals surface area contributed by atoms with Crippen molar-refractivity contribution in [2.75, 3.05) is 20.1 Å². The van der Waals surface area contributed by atoms with Gasteiger partial charge in [0, 0.05) is 36.6 Å². The summed E-state index contributed by atoms with van der Waals surface area (Å²) in [6, 6.07) is 5.83. The lowest BCUT2D eigenvalue weighted by molar-refractivity contribution is -0.126. The second kappa shape index (κ2) is 6.88. The molecule has 0 aliphatic carbocycles. The van der Waals surface area contributed by atoms with Crippen LogP contribution in [0.2, 0.25) is 5.02 Å². The van der Waals surface area contributed by atoms with Crippen LogP contribution in [0.25, 0.3) is 0 Å². The number of nitrogens with zero attached hydrogens (tertiary/aromatic N) is 2. The molecule has 1 saturated heterocycles. The van der Waals surface area contributed by atoms with Crippen molar-refractivity contribution < 1.29 is 9.18 Å².